The first kappa shape index (κ1) is 10.4. The van der Waals surface area contributed by atoms with E-state index < -0.39 is 0 Å². The van der Waals surface area contributed by atoms with E-state index in [0.29, 0.717) is 10.8 Å². The molecule has 72 valence electrons. The zero-order valence-corrected chi connectivity index (χ0v) is 8.65. The van der Waals surface area contributed by atoms with Crippen LogP contribution in [-0.4, -0.2) is 18.7 Å². The molecule has 2 nitrogen and oxygen atoms in total. The number of aryl methyl sites for hydroxylation is 1. The minimum Gasteiger partial charge on any atom is -0.508 e. The van der Waals surface area contributed by atoms with Gasteiger partial charge in [0, 0.05) is 5.02 Å². The molecule has 0 unspecified atom stereocenters. The molecule has 0 saturated heterocycles. The van der Waals surface area contributed by atoms with E-state index in [1.54, 1.807) is 6.07 Å². The van der Waals surface area contributed by atoms with Gasteiger partial charge in [0.2, 0.25) is 0 Å². The topological polar surface area (TPSA) is 32.3 Å². The van der Waals surface area contributed by atoms with Crippen LogP contribution >= 0.6 is 11.6 Å². The van der Waals surface area contributed by atoms with Crippen molar-refractivity contribution in [2.24, 2.45) is 0 Å². The molecule has 0 radical (unpaired) electrons. The maximum absolute atomic E-state index is 9.56. The van der Waals surface area contributed by atoms with Gasteiger partial charge in [-0.2, -0.15) is 0 Å². The van der Waals surface area contributed by atoms with Crippen LogP contribution in [0.25, 0.3) is 0 Å². The quantitative estimate of drug-likeness (QED) is 0.782. The highest BCUT2D eigenvalue weighted by atomic mass is 35.5. The Balaban J connectivity index is 2.88. The fraction of sp³-hybridized carbons (Fsp3) is 0.400. The average Bonchev–Trinajstić information content (AvgIpc) is 2.09. The van der Waals surface area contributed by atoms with E-state index in [1.165, 1.54) is 0 Å². The molecule has 0 fully saturated rings. The van der Waals surface area contributed by atoms with Gasteiger partial charge in [-0.15, -0.1) is 0 Å². The van der Waals surface area contributed by atoms with Crippen molar-refractivity contribution in [3.8, 4) is 5.75 Å². The second-order valence-electron chi connectivity index (χ2n) is 3.08. The summed E-state index contributed by atoms with van der Waals surface area (Å²) in [7, 11) is 1.88. The van der Waals surface area contributed by atoms with Crippen molar-refractivity contribution >= 4 is 11.6 Å². The van der Waals surface area contributed by atoms with E-state index in [4.69, 9.17) is 11.6 Å². The van der Waals surface area contributed by atoms with Crippen LogP contribution in [0, 0.1) is 6.92 Å². The van der Waals surface area contributed by atoms with Gasteiger partial charge in [0.05, 0.1) is 0 Å². The number of phenols is 1. The molecule has 0 heterocycles. The molecular weight excluding hydrogens is 186 g/mol. The highest BCUT2D eigenvalue weighted by Crippen LogP contribution is 2.25. The van der Waals surface area contributed by atoms with E-state index in [1.807, 2.05) is 20.0 Å². The largest absolute Gasteiger partial charge is 0.508 e. The second kappa shape index (κ2) is 4.49. The third kappa shape index (κ3) is 2.61. The molecule has 2 N–H and O–H groups in total. The molecule has 0 atom stereocenters. The van der Waals surface area contributed by atoms with Gasteiger partial charge in [0.25, 0.3) is 0 Å². The summed E-state index contributed by atoms with van der Waals surface area (Å²) >= 11 is 5.93. The fourth-order valence-electron chi connectivity index (χ4n) is 1.17. The summed E-state index contributed by atoms with van der Waals surface area (Å²) in [6, 6.07) is 3.52. The van der Waals surface area contributed by atoms with Crippen molar-refractivity contribution in [1.82, 2.24) is 5.32 Å². The van der Waals surface area contributed by atoms with Gasteiger partial charge in [-0.3, -0.25) is 0 Å². The van der Waals surface area contributed by atoms with Crippen LogP contribution in [0.2, 0.25) is 5.02 Å². The minimum absolute atomic E-state index is 0.331. The number of rotatable bonds is 3. The number of phenolic OH excluding ortho intramolecular Hbond substituents is 1. The number of benzene rings is 1. The molecule has 0 aromatic heterocycles. The lowest BCUT2D eigenvalue weighted by atomic mass is 10.1. The Bertz CT molecular complexity index is 299. The average molecular weight is 200 g/mol. The Morgan fingerprint density at radius 2 is 2.15 bits per heavy atom. The molecule has 1 aromatic carbocycles. The van der Waals surface area contributed by atoms with Gasteiger partial charge in [-0.25, -0.2) is 0 Å². The number of nitrogens with one attached hydrogen (secondary N) is 1. The summed E-state index contributed by atoms with van der Waals surface area (Å²) in [5, 5.41) is 13.3. The fourth-order valence-corrected chi connectivity index (χ4v) is 1.35. The normalized spacial score (nSPS) is 10.4. The van der Waals surface area contributed by atoms with Crippen LogP contribution in [0.1, 0.15) is 11.1 Å². The van der Waals surface area contributed by atoms with Gasteiger partial charge in [-0.1, -0.05) is 11.6 Å². The zero-order chi connectivity index (χ0) is 9.84. The van der Waals surface area contributed by atoms with Gasteiger partial charge in [0.1, 0.15) is 5.75 Å². The van der Waals surface area contributed by atoms with E-state index in [9.17, 15) is 5.11 Å². The summed E-state index contributed by atoms with van der Waals surface area (Å²) < 4.78 is 0. The lowest BCUT2D eigenvalue weighted by molar-refractivity contribution is 0.467. The van der Waals surface area contributed by atoms with Crippen molar-refractivity contribution in [3.63, 3.8) is 0 Å². The SMILES string of the molecule is CNCCc1cc(Cl)c(C)cc1O. The van der Waals surface area contributed by atoms with Gasteiger partial charge in [-0.05, 0) is 50.2 Å². The number of halogens is 1. The maximum Gasteiger partial charge on any atom is 0.119 e. The molecule has 0 aliphatic heterocycles. The summed E-state index contributed by atoms with van der Waals surface area (Å²) in [5.74, 6) is 0.331. The predicted octanol–water partition coefficient (Wildman–Crippen LogP) is 2.12. The molecule has 3 heteroatoms. The summed E-state index contributed by atoms with van der Waals surface area (Å²) in [4.78, 5) is 0. The molecule has 0 bridgehead atoms. The standard InChI is InChI=1S/C10H14ClNO/c1-7-5-10(13)8(3-4-12-2)6-9(7)11/h5-6,12-13H,3-4H2,1-2H3. The number of likely N-dealkylation sites (N-methyl/N-ethyl adjacent to an activating group) is 1. The van der Waals surface area contributed by atoms with Crippen molar-refractivity contribution in [3.05, 3.63) is 28.3 Å². The zero-order valence-electron chi connectivity index (χ0n) is 7.89. The Labute approximate surface area is 83.5 Å². The second-order valence-corrected chi connectivity index (χ2v) is 3.49. The highest BCUT2D eigenvalue weighted by Gasteiger charge is 2.04. The van der Waals surface area contributed by atoms with Crippen LogP contribution in [0.4, 0.5) is 0 Å². The minimum atomic E-state index is 0.331. The molecule has 0 aliphatic rings. The van der Waals surface area contributed by atoms with Crippen LogP contribution in [-0.2, 0) is 6.42 Å². The Hall–Kier alpha value is -0.730. The third-order valence-electron chi connectivity index (χ3n) is 2.00. The summed E-state index contributed by atoms with van der Waals surface area (Å²) in [5.41, 5.74) is 1.80. The Morgan fingerprint density at radius 3 is 2.77 bits per heavy atom. The molecule has 0 spiro atoms. The van der Waals surface area contributed by atoms with Crippen LogP contribution in [0.15, 0.2) is 12.1 Å². The molecule has 0 amide bonds. The summed E-state index contributed by atoms with van der Waals surface area (Å²) in [6.45, 7) is 2.72. The van der Waals surface area contributed by atoms with Gasteiger partial charge in [0.15, 0.2) is 0 Å². The van der Waals surface area contributed by atoms with E-state index in [-0.39, 0.29) is 0 Å². The molecular formula is C10H14ClNO. The van der Waals surface area contributed by atoms with E-state index >= 15 is 0 Å². The van der Waals surface area contributed by atoms with Crippen LogP contribution in [0.3, 0.4) is 0 Å². The van der Waals surface area contributed by atoms with Crippen molar-refractivity contribution in [1.29, 1.82) is 0 Å². The van der Waals surface area contributed by atoms with Crippen molar-refractivity contribution in [2.75, 3.05) is 13.6 Å². The predicted molar refractivity (Wildman–Crippen MR) is 55.5 cm³/mol. The Morgan fingerprint density at radius 1 is 1.46 bits per heavy atom. The maximum atomic E-state index is 9.56. The number of aromatic hydroxyl groups is 1. The molecule has 13 heavy (non-hydrogen) atoms. The molecule has 0 aliphatic carbocycles. The lowest BCUT2D eigenvalue weighted by Gasteiger charge is -2.06. The summed E-state index contributed by atoms with van der Waals surface area (Å²) in [6.07, 6.45) is 0.794. The Kier molecular flexibility index (Phi) is 3.58. The lowest BCUT2D eigenvalue weighted by Crippen LogP contribution is -2.10. The van der Waals surface area contributed by atoms with E-state index in [2.05, 4.69) is 5.32 Å². The monoisotopic (exact) mass is 199 g/mol. The molecule has 1 aromatic rings. The third-order valence-corrected chi connectivity index (χ3v) is 2.41. The first-order valence-electron chi connectivity index (χ1n) is 4.27. The molecule has 1 rings (SSSR count). The molecule has 0 saturated carbocycles. The smallest absolute Gasteiger partial charge is 0.119 e. The highest BCUT2D eigenvalue weighted by molar-refractivity contribution is 6.31. The van der Waals surface area contributed by atoms with Gasteiger partial charge < -0.3 is 10.4 Å². The van der Waals surface area contributed by atoms with Crippen molar-refractivity contribution in [2.45, 2.75) is 13.3 Å². The van der Waals surface area contributed by atoms with Gasteiger partial charge >= 0.3 is 0 Å². The van der Waals surface area contributed by atoms with Crippen LogP contribution in [0.5, 0.6) is 5.75 Å². The first-order valence-corrected chi connectivity index (χ1v) is 4.65. The first-order chi connectivity index (χ1) is 6.15. The number of hydrogen-bond acceptors (Lipinski definition) is 2. The van der Waals surface area contributed by atoms with Crippen molar-refractivity contribution < 1.29 is 5.11 Å². The van der Waals surface area contributed by atoms with E-state index in [0.717, 1.165) is 24.1 Å². The number of hydrogen-bond donors (Lipinski definition) is 2. The van der Waals surface area contributed by atoms with Crippen LogP contribution < -0.4 is 5.32 Å².